The summed E-state index contributed by atoms with van der Waals surface area (Å²) < 4.78 is 9.69. The fourth-order valence-corrected chi connectivity index (χ4v) is 1.76. The normalized spacial score (nSPS) is 12.4. The van der Waals surface area contributed by atoms with Gasteiger partial charge in [0.15, 0.2) is 0 Å². The Morgan fingerprint density at radius 3 is 2.21 bits per heavy atom. The number of nitrogens with one attached hydrogen (secondary N) is 1. The molecule has 0 aliphatic rings. The molecule has 0 aromatic carbocycles. The molecule has 19 heavy (non-hydrogen) atoms. The van der Waals surface area contributed by atoms with Crippen molar-refractivity contribution in [2.24, 2.45) is 17.8 Å². The maximum Gasteiger partial charge on any atom is 0.406 e. The number of hydrogen-bond acceptors (Lipinski definition) is 4. The molecule has 0 heterocycles. The Kier molecular flexibility index (Phi) is 9.00. The quantitative estimate of drug-likeness (QED) is 0.690. The number of rotatable bonds is 8. The number of alkyl carbamates (subject to hydrolysis) is 1. The lowest BCUT2D eigenvalue weighted by molar-refractivity contribution is -0.145. The lowest BCUT2D eigenvalue weighted by Crippen LogP contribution is -2.31. The van der Waals surface area contributed by atoms with E-state index in [0.29, 0.717) is 31.4 Å². The summed E-state index contributed by atoms with van der Waals surface area (Å²) in [5.41, 5.74) is 0. The molecule has 1 N–H and O–H groups in total. The van der Waals surface area contributed by atoms with Gasteiger partial charge < -0.3 is 14.8 Å². The van der Waals surface area contributed by atoms with Crippen LogP contribution in [0.3, 0.4) is 0 Å². The van der Waals surface area contributed by atoms with Crippen molar-refractivity contribution in [2.75, 3.05) is 20.3 Å². The standard InChI is InChI=1S/C14H27NO4/c1-10(2)6-12(8-15-14(17)18-5)7-13(16)19-9-11(3)4/h10-12H,6-9H2,1-5H3,(H,15,17)/t12-/m0/s1. The molecule has 0 aliphatic heterocycles. The predicted octanol–water partition coefficient (Wildman–Crippen LogP) is 2.59. The van der Waals surface area contributed by atoms with Crippen molar-refractivity contribution in [2.45, 2.75) is 40.5 Å². The van der Waals surface area contributed by atoms with Crippen LogP contribution < -0.4 is 5.32 Å². The van der Waals surface area contributed by atoms with E-state index in [-0.39, 0.29) is 11.9 Å². The zero-order valence-corrected chi connectivity index (χ0v) is 12.7. The monoisotopic (exact) mass is 273 g/mol. The molecule has 0 rings (SSSR count). The molecule has 112 valence electrons. The average Bonchev–Trinajstić information content (AvgIpc) is 2.32. The van der Waals surface area contributed by atoms with Gasteiger partial charge in [0, 0.05) is 6.54 Å². The SMILES string of the molecule is COC(=O)NC[C@H](CC(=O)OCC(C)C)CC(C)C. The fraction of sp³-hybridized carbons (Fsp3) is 0.857. The minimum absolute atomic E-state index is 0.0822. The minimum Gasteiger partial charge on any atom is -0.465 e. The molecule has 0 unspecified atom stereocenters. The molecule has 0 saturated heterocycles. The summed E-state index contributed by atoms with van der Waals surface area (Å²) in [5, 5.41) is 2.64. The van der Waals surface area contributed by atoms with Gasteiger partial charge in [-0.1, -0.05) is 27.7 Å². The number of carbonyl (C=O) groups excluding carboxylic acids is 2. The number of ether oxygens (including phenoxy) is 2. The third-order valence-electron chi connectivity index (χ3n) is 2.56. The van der Waals surface area contributed by atoms with E-state index in [1.807, 2.05) is 13.8 Å². The molecule has 1 atom stereocenters. The average molecular weight is 273 g/mol. The first-order valence-corrected chi connectivity index (χ1v) is 6.82. The Hall–Kier alpha value is -1.26. The van der Waals surface area contributed by atoms with Crippen molar-refractivity contribution in [3.8, 4) is 0 Å². The van der Waals surface area contributed by atoms with Crippen molar-refractivity contribution in [3.05, 3.63) is 0 Å². The van der Waals surface area contributed by atoms with Gasteiger partial charge in [0.2, 0.25) is 0 Å². The van der Waals surface area contributed by atoms with Gasteiger partial charge in [0.1, 0.15) is 0 Å². The van der Waals surface area contributed by atoms with E-state index in [1.165, 1.54) is 7.11 Å². The molecule has 0 spiro atoms. The van der Waals surface area contributed by atoms with Gasteiger partial charge >= 0.3 is 12.1 Å². The van der Waals surface area contributed by atoms with E-state index in [2.05, 4.69) is 23.9 Å². The van der Waals surface area contributed by atoms with Crippen LogP contribution in [0.25, 0.3) is 0 Å². The molecule has 0 aliphatic carbocycles. The van der Waals surface area contributed by atoms with E-state index in [9.17, 15) is 9.59 Å². The molecule has 0 fully saturated rings. The van der Waals surface area contributed by atoms with Gasteiger partial charge in [0.25, 0.3) is 0 Å². The fourth-order valence-electron chi connectivity index (χ4n) is 1.76. The molecule has 0 saturated carbocycles. The number of esters is 1. The second kappa shape index (κ2) is 9.64. The van der Waals surface area contributed by atoms with Gasteiger partial charge in [0.05, 0.1) is 20.1 Å². The lowest BCUT2D eigenvalue weighted by Gasteiger charge is -2.18. The van der Waals surface area contributed by atoms with Gasteiger partial charge in [-0.15, -0.1) is 0 Å². The summed E-state index contributed by atoms with van der Waals surface area (Å²) in [5.74, 6) is 0.674. The van der Waals surface area contributed by atoms with Crippen LogP contribution in [0.15, 0.2) is 0 Å². The van der Waals surface area contributed by atoms with Crippen LogP contribution in [-0.2, 0) is 14.3 Å². The van der Waals surface area contributed by atoms with Gasteiger partial charge in [-0.2, -0.15) is 0 Å². The van der Waals surface area contributed by atoms with E-state index in [1.54, 1.807) is 0 Å². The van der Waals surface area contributed by atoms with Gasteiger partial charge in [-0.05, 0) is 24.2 Å². The predicted molar refractivity (Wildman–Crippen MR) is 73.8 cm³/mol. The number of hydrogen-bond donors (Lipinski definition) is 1. The van der Waals surface area contributed by atoms with Crippen LogP contribution >= 0.6 is 0 Å². The maximum absolute atomic E-state index is 11.7. The highest BCUT2D eigenvalue weighted by atomic mass is 16.5. The first-order chi connectivity index (χ1) is 8.85. The third-order valence-corrected chi connectivity index (χ3v) is 2.56. The first-order valence-electron chi connectivity index (χ1n) is 6.82. The van der Waals surface area contributed by atoms with E-state index < -0.39 is 6.09 Å². The third kappa shape index (κ3) is 10.4. The highest BCUT2D eigenvalue weighted by Gasteiger charge is 2.18. The second-order valence-corrected chi connectivity index (χ2v) is 5.65. The molecule has 0 radical (unpaired) electrons. The number of carbonyl (C=O) groups is 2. The molecule has 0 bridgehead atoms. The van der Waals surface area contributed by atoms with Crippen molar-refractivity contribution >= 4 is 12.1 Å². The van der Waals surface area contributed by atoms with E-state index in [0.717, 1.165) is 6.42 Å². The summed E-state index contributed by atoms with van der Waals surface area (Å²) in [7, 11) is 1.32. The zero-order valence-electron chi connectivity index (χ0n) is 12.7. The second-order valence-electron chi connectivity index (χ2n) is 5.65. The molecular weight excluding hydrogens is 246 g/mol. The van der Waals surface area contributed by atoms with Gasteiger partial charge in [-0.3, -0.25) is 4.79 Å². The van der Waals surface area contributed by atoms with Crippen molar-refractivity contribution in [1.82, 2.24) is 5.32 Å². The summed E-state index contributed by atoms with van der Waals surface area (Å²) >= 11 is 0. The highest BCUT2D eigenvalue weighted by Crippen LogP contribution is 2.15. The molecule has 5 nitrogen and oxygen atoms in total. The molecule has 5 heteroatoms. The Morgan fingerprint density at radius 2 is 1.74 bits per heavy atom. The summed E-state index contributed by atoms with van der Waals surface area (Å²) in [4.78, 5) is 22.7. The number of amides is 1. The van der Waals surface area contributed by atoms with Crippen LogP contribution in [0, 0.1) is 17.8 Å². The Bertz CT molecular complexity index is 277. The largest absolute Gasteiger partial charge is 0.465 e. The van der Waals surface area contributed by atoms with Crippen LogP contribution in [0.4, 0.5) is 4.79 Å². The lowest BCUT2D eigenvalue weighted by atomic mass is 9.94. The molecule has 0 aromatic rings. The van der Waals surface area contributed by atoms with E-state index >= 15 is 0 Å². The minimum atomic E-state index is -0.468. The van der Waals surface area contributed by atoms with Crippen molar-refractivity contribution < 1.29 is 19.1 Å². The summed E-state index contributed by atoms with van der Waals surface area (Å²) in [6.07, 6.45) is 0.722. The topological polar surface area (TPSA) is 64.6 Å². The molecule has 0 aromatic heterocycles. The Balaban J connectivity index is 4.18. The zero-order chi connectivity index (χ0) is 14.8. The summed E-state index contributed by atoms with van der Waals surface area (Å²) in [6.45, 7) is 9.05. The maximum atomic E-state index is 11.7. The van der Waals surface area contributed by atoms with Crippen molar-refractivity contribution in [3.63, 3.8) is 0 Å². The van der Waals surface area contributed by atoms with Crippen LogP contribution in [0.5, 0.6) is 0 Å². The van der Waals surface area contributed by atoms with Gasteiger partial charge in [-0.25, -0.2) is 4.79 Å². The van der Waals surface area contributed by atoms with Crippen molar-refractivity contribution in [1.29, 1.82) is 0 Å². The highest BCUT2D eigenvalue weighted by molar-refractivity contribution is 5.70. The van der Waals surface area contributed by atoms with Crippen LogP contribution in [-0.4, -0.2) is 32.3 Å². The Morgan fingerprint density at radius 1 is 1.11 bits per heavy atom. The van der Waals surface area contributed by atoms with E-state index in [4.69, 9.17) is 4.74 Å². The smallest absolute Gasteiger partial charge is 0.406 e. The van der Waals surface area contributed by atoms with Crippen LogP contribution in [0.1, 0.15) is 40.5 Å². The molecular formula is C14H27NO4. The first kappa shape index (κ1) is 17.7. The number of methoxy groups -OCH3 is 1. The summed E-state index contributed by atoms with van der Waals surface area (Å²) in [6, 6.07) is 0. The molecule has 1 amide bonds. The van der Waals surface area contributed by atoms with Crippen LogP contribution in [0.2, 0.25) is 0 Å². The Labute approximate surface area is 116 Å².